The molecule has 4 rings (SSSR count). The van der Waals surface area contributed by atoms with Crippen molar-refractivity contribution in [1.82, 2.24) is 14.8 Å². The first-order valence-electron chi connectivity index (χ1n) is 10.0. The molecule has 1 fully saturated rings. The first-order chi connectivity index (χ1) is 15.0. The van der Waals surface area contributed by atoms with Crippen molar-refractivity contribution in [2.75, 3.05) is 32.1 Å². The Morgan fingerprint density at radius 2 is 2.06 bits per heavy atom. The number of hydrogen-bond acceptors (Lipinski definition) is 7. The highest BCUT2D eigenvalue weighted by molar-refractivity contribution is 7.13. The molecule has 31 heavy (non-hydrogen) atoms. The summed E-state index contributed by atoms with van der Waals surface area (Å²) in [6.45, 7) is 1.15. The fraction of sp³-hybridized carbons (Fsp3) is 0.381. The molecular weight excluding hydrogens is 420 g/mol. The number of nitrogens with one attached hydrogen (secondary N) is 1. The van der Waals surface area contributed by atoms with Crippen LogP contribution in [0.1, 0.15) is 50.3 Å². The number of amides is 4. The minimum Gasteiger partial charge on any atom is -0.385 e. The predicted molar refractivity (Wildman–Crippen MR) is 113 cm³/mol. The number of ether oxygens (including phenoxy) is 1. The normalized spacial score (nSPS) is 17.9. The number of fused-ring (bicyclic) bond motifs is 1. The number of hydrogen-bond donors (Lipinski definition) is 1. The van der Waals surface area contributed by atoms with Crippen LogP contribution in [0.2, 0.25) is 0 Å². The molecule has 3 heterocycles. The number of imide groups is 1. The molecule has 0 spiro atoms. The first-order valence-corrected chi connectivity index (χ1v) is 10.9. The number of nitrogens with zero attached hydrogens (tertiary/aromatic N) is 3. The summed E-state index contributed by atoms with van der Waals surface area (Å²) in [5.41, 5.74) is 0.794. The Morgan fingerprint density at radius 1 is 1.26 bits per heavy atom. The van der Waals surface area contributed by atoms with Crippen LogP contribution in [0.5, 0.6) is 0 Å². The highest BCUT2D eigenvalue weighted by Gasteiger charge is 2.38. The molecule has 1 N–H and O–H groups in total. The van der Waals surface area contributed by atoms with E-state index in [1.54, 1.807) is 24.8 Å². The monoisotopic (exact) mass is 442 g/mol. The Balaban J connectivity index is 1.50. The number of thiazole rings is 1. The second kappa shape index (κ2) is 8.94. The third kappa shape index (κ3) is 4.08. The molecule has 0 radical (unpaired) electrons. The van der Waals surface area contributed by atoms with E-state index in [1.807, 2.05) is 0 Å². The van der Waals surface area contributed by atoms with Gasteiger partial charge in [0.25, 0.3) is 17.7 Å². The number of likely N-dealkylation sites (tertiary alicyclic amines) is 1. The lowest BCUT2D eigenvalue weighted by Gasteiger charge is -2.23. The zero-order chi connectivity index (χ0) is 22.0. The van der Waals surface area contributed by atoms with Crippen LogP contribution >= 0.6 is 11.3 Å². The van der Waals surface area contributed by atoms with E-state index < -0.39 is 11.9 Å². The molecule has 4 amide bonds. The number of anilines is 1. The summed E-state index contributed by atoms with van der Waals surface area (Å²) in [5.74, 6) is -1.39. The van der Waals surface area contributed by atoms with Crippen LogP contribution in [0.4, 0.5) is 5.13 Å². The summed E-state index contributed by atoms with van der Waals surface area (Å²) < 4.78 is 4.98. The van der Waals surface area contributed by atoms with Gasteiger partial charge in [-0.05, 0) is 37.5 Å². The molecule has 2 aliphatic rings. The predicted octanol–water partition coefficient (Wildman–Crippen LogP) is 2.02. The molecule has 10 heteroatoms. The van der Waals surface area contributed by atoms with E-state index >= 15 is 0 Å². The summed E-state index contributed by atoms with van der Waals surface area (Å²) >= 11 is 1.31. The van der Waals surface area contributed by atoms with E-state index in [9.17, 15) is 19.2 Å². The molecule has 0 bridgehead atoms. The van der Waals surface area contributed by atoms with E-state index in [2.05, 4.69) is 10.3 Å². The fourth-order valence-corrected chi connectivity index (χ4v) is 4.45. The molecule has 2 aromatic rings. The fourth-order valence-electron chi connectivity index (χ4n) is 3.92. The number of methoxy groups -OCH3 is 1. The minimum absolute atomic E-state index is 0.219. The maximum atomic E-state index is 13.2. The molecule has 1 aromatic heterocycles. The third-order valence-corrected chi connectivity index (χ3v) is 6.12. The maximum Gasteiger partial charge on any atom is 0.261 e. The van der Waals surface area contributed by atoms with Crippen molar-refractivity contribution < 1.29 is 23.9 Å². The largest absolute Gasteiger partial charge is 0.385 e. The lowest BCUT2D eigenvalue weighted by atomic mass is 10.0. The number of carbonyl (C=O) groups is 4. The average molecular weight is 442 g/mol. The van der Waals surface area contributed by atoms with Crippen molar-refractivity contribution in [3.05, 3.63) is 46.5 Å². The van der Waals surface area contributed by atoms with Crippen molar-refractivity contribution >= 4 is 40.1 Å². The second-order valence-electron chi connectivity index (χ2n) is 7.35. The van der Waals surface area contributed by atoms with E-state index in [1.165, 1.54) is 33.3 Å². The molecule has 1 atom stereocenters. The van der Waals surface area contributed by atoms with Crippen molar-refractivity contribution in [2.45, 2.75) is 25.3 Å². The van der Waals surface area contributed by atoms with Gasteiger partial charge in [-0.15, -0.1) is 11.3 Å². The van der Waals surface area contributed by atoms with Gasteiger partial charge in [0, 0.05) is 43.9 Å². The smallest absolute Gasteiger partial charge is 0.261 e. The van der Waals surface area contributed by atoms with E-state index in [0.29, 0.717) is 43.1 Å². The summed E-state index contributed by atoms with van der Waals surface area (Å²) in [4.78, 5) is 57.8. The number of aromatic nitrogens is 1. The molecule has 162 valence electrons. The van der Waals surface area contributed by atoms with Gasteiger partial charge in [0.1, 0.15) is 6.04 Å². The average Bonchev–Trinajstić information content (AvgIpc) is 3.50. The van der Waals surface area contributed by atoms with Gasteiger partial charge in [-0.2, -0.15) is 0 Å². The Hall–Kier alpha value is -3.11. The van der Waals surface area contributed by atoms with E-state index in [-0.39, 0.29) is 35.4 Å². The van der Waals surface area contributed by atoms with Crippen molar-refractivity contribution in [3.63, 3.8) is 0 Å². The molecule has 9 nitrogen and oxygen atoms in total. The Morgan fingerprint density at radius 3 is 2.81 bits per heavy atom. The zero-order valence-electron chi connectivity index (χ0n) is 17.0. The highest BCUT2D eigenvalue weighted by atomic mass is 32.1. The highest BCUT2D eigenvalue weighted by Crippen LogP contribution is 2.27. The van der Waals surface area contributed by atoms with Crippen LogP contribution < -0.4 is 5.32 Å². The first kappa shape index (κ1) is 21.1. The van der Waals surface area contributed by atoms with Gasteiger partial charge in [0.05, 0.1) is 11.1 Å². The Labute approximate surface area is 183 Å². The molecule has 2 aliphatic heterocycles. The van der Waals surface area contributed by atoms with Crippen LogP contribution in [0.25, 0.3) is 0 Å². The SMILES string of the molecule is COCCCN1C(=O)c2ccc(C(=O)N3CCCC3C(=O)Nc3nccs3)cc2C1=O. The van der Waals surface area contributed by atoms with Crippen LogP contribution in [-0.4, -0.2) is 71.3 Å². The van der Waals surface area contributed by atoms with Gasteiger partial charge >= 0.3 is 0 Å². The molecule has 0 saturated carbocycles. The van der Waals surface area contributed by atoms with Gasteiger partial charge in [-0.3, -0.25) is 24.1 Å². The molecule has 1 saturated heterocycles. The summed E-state index contributed by atoms with van der Waals surface area (Å²) in [6.07, 6.45) is 3.40. The van der Waals surface area contributed by atoms with Gasteiger partial charge in [0.2, 0.25) is 5.91 Å². The summed E-state index contributed by atoms with van der Waals surface area (Å²) in [7, 11) is 1.56. The lowest BCUT2D eigenvalue weighted by Crippen LogP contribution is -2.43. The zero-order valence-corrected chi connectivity index (χ0v) is 17.8. The minimum atomic E-state index is -0.604. The van der Waals surface area contributed by atoms with Gasteiger partial charge < -0.3 is 15.0 Å². The summed E-state index contributed by atoms with van der Waals surface area (Å²) in [5, 5.41) is 4.99. The van der Waals surface area contributed by atoms with Gasteiger partial charge in [-0.1, -0.05) is 0 Å². The van der Waals surface area contributed by atoms with E-state index in [0.717, 1.165) is 0 Å². The quantitative estimate of drug-likeness (QED) is 0.519. The third-order valence-electron chi connectivity index (χ3n) is 5.43. The topological polar surface area (TPSA) is 109 Å². The van der Waals surface area contributed by atoms with Crippen molar-refractivity contribution in [2.24, 2.45) is 0 Å². The molecule has 1 aromatic carbocycles. The molecule has 0 aliphatic carbocycles. The lowest BCUT2D eigenvalue weighted by molar-refractivity contribution is -0.119. The van der Waals surface area contributed by atoms with Crippen LogP contribution in [-0.2, 0) is 9.53 Å². The molecular formula is C21H22N4O5S. The Bertz CT molecular complexity index is 1020. The maximum absolute atomic E-state index is 13.2. The van der Waals surface area contributed by atoms with Crippen LogP contribution in [0.3, 0.4) is 0 Å². The summed E-state index contributed by atoms with van der Waals surface area (Å²) in [6, 6.07) is 3.91. The number of rotatable bonds is 7. The van der Waals surface area contributed by atoms with Crippen molar-refractivity contribution in [3.8, 4) is 0 Å². The molecule has 1 unspecified atom stereocenters. The number of benzene rings is 1. The van der Waals surface area contributed by atoms with Crippen LogP contribution in [0, 0.1) is 0 Å². The number of carbonyl (C=O) groups excluding carboxylic acids is 4. The Kier molecular flexibility index (Phi) is 6.10. The van der Waals surface area contributed by atoms with Crippen LogP contribution in [0.15, 0.2) is 29.8 Å². The standard InChI is InChI=1S/C21H22N4O5S/c1-30-10-3-9-25-19(28)14-6-5-13(12-15(14)20(25)29)18(27)24-8-2-4-16(24)17(26)23-21-22-7-11-31-21/h5-7,11-12,16H,2-4,8-10H2,1H3,(H,22,23,26). The van der Waals surface area contributed by atoms with Gasteiger partial charge in [0.15, 0.2) is 5.13 Å². The van der Waals surface area contributed by atoms with Gasteiger partial charge in [-0.25, -0.2) is 4.98 Å². The second-order valence-corrected chi connectivity index (χ2v) is 8.25. The van der Waals surface area contributed by atoms with Crippen molar-refractivity contribution in [1.29, 1.82) is 0 Å². The van der Waals surface area contributed by atoms with E-state index in [4.69, 9.17) is 4.74 Å².